The molecule has 6 heteroatoms. The van der Waals surface area contributed by atoms with Gasteiger partial charge in [-0.05, 0) is 51.1 Å². The molecule has 3 rings (SSSR count). The van der Waals surface area contributed by atoms with Gasteiger partial charge in [-0.2, -0.15) is 5.10 Å². The Morgan fingerprint density at radius 1 is 1.24 bits per heavy atom. The van der Waals surface area contributed by atoms with Crippen LogP contribution >= 0.6 is 12.4 Å². The fourth-order valence-electron chi connectivity index (χ4n) is 3.52. The number of carbonyl (C=O) groups excluding carboxylic acids is 1. The highest BCUT2D eigenvalue weighted by Gasteiger charge is 2.37. The molecule has 1 spiro atoms. The summed E-state index contributed by atoms with van der Waals surface area (Å²) in [6.45, 7) is 6.02. The number of hydrogen-bond donors (Lipinski definition) is 1. The zero-order valence-corrected chi connectivity index (χ0v) is 13.7. The Labute approximate surface area is 132 Å². The van der Waals surface area contributed by atoms with Crippen molar-refractivity contribution in [1.29, 1.82) is 0 Å². The van der Waals surface area contributed by atoms with Crippen LogP contribution in [0.2, 0.25) is 0 Å². The Morgan fingerprint density at radius 3 is 2.38 bits per heavy atom. The van der Waals surface area contributed by atoms with E-state index in [2.05, 4.69) is 10.4 Å². The van der Waals surface area contributed by atoms with Crippen molar-refractivity contribution < 1.29 is 4.79 Å². The molecule has 2 saturated heterocycles. The van der Waals surface area contributed by atoms with E-state index in [1.165, 1.54) is 12.8 Å². The van der Waals surface area contributed by atoms with Crippen molar-refractivity contribution >= 4 is 18.3 Å². The number of aryl methyl sites for hydroxylation is 1. The molecule has 1 aromatic rings. The quantitative estimate of drug-likeness (QED) is 0.859. The van der Waals surface area contributed by atoms with Gasteiger partial charge in [0.1, 0.15) is 0 Å². The van der Waals surface area contributed by atoms with Crippen LogP contribution in [0.3, 0.4) is 0 Å². The average Bonchev–Trinajstić information content (AvgIpc) is 2.80. The van der Waals surface area contributed by atoms with Crippen molar-refractivity contribution in [2.75, 3.05) is 26.2 Å². The maximum Gasteiger partial charge on any atom is 0.257 e. The van der Waals surface area contributed by atoms with Crippen LogP contribution in [0.25, 0.3) is 0 Å². The maximum atomic E-state index is 12.6. The number of nitrogens with zero attached hydrogens (tertiary/aromatic N) is 3. The SMILES string of the molecule is Cc1c(C(=O)N2CCC3(CCNCC3)CC2)cnn1C.Cl. The number of piperidine rings is 2. The molecule has 21 heavy (non-hydrogen) atoms. The second kappa shape index (κ2) is 6.36. The summed E-state index contributed by atoms with van der Waals surface area (Å²) in [6.07, 6.45) is 6.54. The minimum absolute atomic E-state index is 0. The molecule has 3 heterocycles. The van der Waals surface area contributed by atoms with E-state index in [1.807, 2.05) is 18.9 Å². The van der Waals surface area contributed by atoms with Crippen LogP contribution in [-0.2, 0) is 7.05 Å². The number of nitrogens with one attached hydrogen (secondary N) is 1. The fourth-order valence-corrected chi connectivity index (χ4v) is 3.52. The standard InChI is InChI=1S/C15H24N4O.ClH/c1-12-13(11-17-18(12)2)14(20)19-9-5-15(6-10-19)3-7-16-8-4-15;/h11,16H,3-10H2,1-2H3;1H. The smallest absolute Gasteiger partial charge is 0.257 e. The fraction of sp³-hybridized carbons (Fsp3) is 0.733. The largest absolute Gasteiger partial charge is 0.339 e. The molecule has 2 aliphatic rings. The van der Waals surface area contributed by atoms with E-state index in [0.717, 1.165) is 50.3 Å². The normalized spacial score (nSPS) is 21.1. The Balaban J connectivity index is 0.00000161. The minimum atomic E-state index is 0. The second-order valence-electron chi connectivity index (χ2n) is 6.31. The van der Waals surface area contributed by atoms with E-state index >= 15 is 0 Å². The number of halogens is 1. The predicted octanol–water partition coefficient (Wildman–Crippen LogP) is 1.76. The number of amides is 1. The summed E-state index contributed by atoms with van der Waals surface area (Å²) >= 11 is 0. The lowest BCUT2D eigenvalue weighted by Gasteiger charge is -2.44. The van der Waals surface area contributed by atoms with Gasteiger partial charge >= 0.3 is 0 Å². The van der Waals surface area contributed by atoms with E-state index in [0.29, 0.717) is 5.41 Å². The summed E-state index contributed by atoms with van der Waals surface area (Å²) in [5, 5.41) is 7.61. The molecular formula is C15H25ClN4O. The van der Waals surface area contributed by atoms with E-state index in [1.54, 1.807) is 10.9 Å². The minimum Gasteiger partial charge on any atom is -0.339 e. The number of rotatable bonds is 1. The van der Waals surface area contributed by atoms with Gasteiger partial charge in [0.25, 0.3) is 5.91 Å². The van der Waals surface area contributed by atoms with Crippen molar-refractivity contribution in [1.82, 2.24) is 20.0 Å². The van der Waals surface area contributed by atoms with Crippen LogP contribution < -0.4 is 5.32 Å². The second-order valence-corrected chi connectivity index (χ2v) is 6.31. The third-order valence-electron chi connectivity index (χ3n) is 5.24. The van der Waals surface area contributed by atoms with Crippen molar-refractivity contribution in [3.8, 4) is 0 Å². The molecule has 118 valence electrons. The molecule has 2 fully saturated rings. The van der Waals surface area contributed by atoms with E-state index < -0.39 is 0 Å². The lowest BCUT2D eigenvalue weighted by Crippen LogP contribution is -2.47. The molecule has 0 radical (unpaired) electrons. The summed E-state index contributed by atoms with van der Waals surface area (Å²) in [5.74, 6) is 0.152. The number of likely N-dealkylation sites (tertiary alicyclic amines) is 1. The van der Waals surface area contributed by atoms with Crippen molar-refractivity contribution in [2.45, 2.75) is 32.6 Å². The van der Waals surface area contributed by atoms with Gasteiger partial charge in [-0.15, -0.1) is 12.4 Å². The molecule has 0 aromatic carbocycles. The summed E-state index contributed by atoms with van der Waals surface area (Å²) in [7, 11) is 1.88. The topological polar surface area (TPSA) is 50.2 Å². The predicted molar refractivity (Wildman–Crippen MR) is 84.9 cm³/mol. The van der Waals surface area contributed by atoms with Gasteiger partial charge in [-0.25, -0.2) is 0 Å². The van der Waals surface area contributed by atoms with Crippen molar-refractivity contribution in [2.24, 2.45) is 12.5 Å². The lowest BCUT2D eigenvalue weighted by atomic mass is 9.71. The number of hydrogen-bond acceptors (Lipinski definition) is 3. The highest BCUT2D eigenvalue weighted by atomic mass is 35.5. The molecule has 0 saturated carbocycles. The van der Waals surface area contributed by atoms with Crippen LogP contribution in [0, 0.1) is 12.3 Å². The van der Waals surface area contributed by atoms with E-state index in [9.17, 15) is 4.79 Å². The van der Waals surface area contributed by atoms with Crippen LogP contribution in [0.5, 0.6) is 0 Å². The third kappa shape index (κ3) is 3.09. The molecule has 0 unspecified atom stereocenters. The zero-order chi connectivity index (χ0) is 14.2. The van der Waals surface area contributed by atoms with Gasteiger partial charge in [0, 0.05) is 25.8 Å². The lowest BCUT2D eigenvalue weighted by molar-refractivity contribution is 0.0495. The van der Waals surface area contributed by atoms with Gasteiger partial charge in [0.2, 0.25) is 0 Å². The number of carbonyl (C=O) groups is 1. The van der Waals surface area contributed by atoms with Crippen LogP contribution in [0.15, 0.2) is 6.20 Å². The molecule has 0 atom stereocenters. The highest BCUT2D eigenvalue weighted by Crippen LogP contribution is 2.39. The molecule has 1 amide bonds. The monoisotopic (exact) mass is 312 g/mol. The van der Waals surface area contributed by atoms with Crippen LogP contribution in [0.4, 0.5) is 0 Å². The van der Waals surface area contributed by atoms with Gasteiger partial charge < -0.3 is 10.2 Å². The molecule has 0 aliphatic carbocycles. The maximum absolute atomic E-state index is 12.6. The summed E-state index contributed by atoms with van der Waals surface area (Å²) in [6, 6.07) is 0. The molecule has 5 nitrogen and oxygen atoms in total. The molecule has 0 bridgehead atoms. The van der Waals surface area contributed by atoms with E-state index in [4.69, 9.17) is 0 Å². The zero-order valence-electron chi connectivity index (χ0n) is 12.9. The van der Waals surface area contributed by atoms with Crippen molar-refractivity contribution in [3.63, 3.8) is 0 Å². The highest BCUT2D eigenvalue weighted by molar-refractivity contribution is 5.95. The van der Waals surface area contributed by atoms with Gasteiger partial charge in [-0.1, -0.05) is 0 Å². The summed E-state index contributed by atoms with van der Waals surface area (Å²) < 4.78 is 1.77. The Bertz CT molecular complexity index is 498. The van der Waals surface area contributed by atoms with Gasteiger partial charge in [0.15, 0.2) is 0 Å². The number of aromatic nitrogens is 2. The Morgan fingerprint density at radius 2 is 1.86 bits per heavy atom. The summed E-state index contributed by atoms with van der Waals surface area (Å²) in [4.78, 5) is 14.6. The molecule has 1 aromatic heterocycles. The first-order valence-electron chi connectivity index (χ1n) is 7.60. The first-order valence-corrected chi connectivity index (χ1v) is 7.60. The van der Waals surface area contributed by atoms with Gasteiger partial charge in [-0.3, -0.25) is 9.48 Å². The summed E-state index contributed by atoms with van der Waals surface area (Å²) in [5.41, 5.74) is 2.21. The van der Waals surface area contributed by atoms with Crippen LogP contribution in [0.1, 0.15) is 41.7 Å². The molecule has 1 N–H and O–H groups in total. The first kappa shape index (κ1) is 16.3. The van der Waals surface area contributed by atoms with Crippen molar-refractivity contribution in [3.05, 3.63) is 17.5 Å². The average molecular weight is 313 g/mol. The third-order valence-corrected chi connectivity index (χ3v) is 5.24. The molecule has 2 aliphatic heterocycles. The van der Waals surface area contributed by atoms with Gasteiger partial charge in [0.05, 0.1) is 11.8 Å². The van der Waals surface area contributed by atoms with Crippen LogP contribution in [-0.4, -0.2) is 46.8 Å². The van der Waals surface area contributed by atoms with E-state index in [-0.39, 0.29) is 18.3 Å². The first-order chi connectivity index (χ1) is 9.61. The Kier molecular flexibility index (Phi) is 4.94. The Hall–Kier alpha value is -1.07. The molecular weight excluding hydrogens is 288 g/mol.